The molecule has 0 aliphatic carbocycles. The number of H-pyrrole nitrogens is 1. The van der Waals surface area contributed by atoms with E-state index >= 15 is 17.6 Å². The van der Waals surface area contributed by atoms with Gasteiger partial charge in [-0.3, -0.25) is 0 Å². The summed E-state index contributed by atoms with van der Waals surface area (Å²) in [6, 6.07) is 55.5. The highest BCUT2D eigenvalue weighted by molar-refractivity contribution is 6.11. The van der Waals surface area contributed by atoms with E-state index in [1.165, 1.54) is 4.68 Å². The van der Waals surface area contributed by atoms with Crippen molar-refractivity contribution >= 4 is 44.1 Å². The molecule has 13 heteroatoms. The van der Waals surface area contributed by atoms with Gasteiger partial charge in [-0.1, -0.05) is 170 Å². The first-order valence-electron chi connectivity index (χ1n) is 23.8. The van der Waals surface area contributed by atoms with E-state index in [0.29, 0.717) is 75.7 Å². The van der Waals surface area contributed by atoms with Crippen LogP contribution in [0.2, 0.25) is 0 Å². The van der Waals surface area contributed by atoms with Crippen LogP contribution in [0.5, 0.6) is 0 Å². The molecule has 2 aliphatic rings. The van der Waals surface area contributed by atoms with E-state index in [2.05, 4.69) is 58.5 Å². The first kappa shape index (κ1) is 43.6. The lowest BCUT2D eigenvalue weighted by atomic mass is 9.81. The van der Waals surface area contributed by atoms with Crippen LogP contribution < -0.4 is 5.84 Å². The Morgan fingerprint density at radius 1 is 0.356 bits per heavy atom. The van der Waals surface area contributed by atoms with Crippen molar-refractivity contribution in [2.75, 3.05) is 5.84 Å². The van der Waals surface area contributed by atoms with Crippen LogP contribution in [0.25, 0.3) is 89.7 Å². The van der Waals surface area contributed by atoms with Crippen molar-refractivity contribution in [3.8, 4) is 45.6 Å². The van der Waals surface area contributed by atoms with Gasteiger partial charge in [0.05, 0.1) is 11.1 Å². The fraction of sp³-hybridized carbons (Fsp3) is 0.0667. The molecule has 0 saturated heterocycles. The normalized spacial score (nSPS) is 11.8. The lowest BCUT2D eigenvalue weighted by Crippen LogP contribution is -2.09. The molecule has 9 nitrogen and oxygen atoms in total. The molecule has 352 valence electrons. The van der Waals surface area contributed by atoms with Crippen LogP contribution >= 0.6 is 0 Å². The molecule has 2 aliphatic heterocycles. The lowest BCUT2D eigenvalue weighted by Gasteiger charge is -2.22. The number of nitrogen functional groups attached to an aromatic ring is 1. The number of nitrogens with two attached hydrogens (primary N) is 1. The third-order valence-corrected chi connectivity index (χ3v) is 13.8. The molecule has 3 aromatic heterocycles. The van der Waals surface area contributed by atoms with Crippen molar-refractivity contribution in [2.45, 2.75) is 25.7 Å². The average molecular weight is 962 g/mol. The van der Waals surface area contributed by atoms with Crippen LogP contribution in [0.3, 0.4) is 0 Å². The molecule has 8 aromatic carbocycles. The van der Waals surface area contributed by atoms with Crippen molar-refractivity contribution in [1.29, 1.82) is 0 Å². The number of aromatic amines is 1. The zero-order valence-corrected chi connectivity index (χ0v) is 38.7. The molecule has 13 rings (SSSR count). The van der Waals surface area contributed by atoms with Gasteiger partial charge in [0.25, 0.3) is 0 Å². The zero-order chi connectivity index (χ0) is 49.3. The number of hydrogen-bond acceptors (Lipinski definition) is 7. The third kappa shape index (κ3) is 7.38. The predicted molar refractivity (Wildman–Crippen MR) is 277 cm³/mol. The number of nitrogens with zero attached hydrogens (tertiary/aromatic N) is 7. The Hall–Kier alpha value is -9.36. The van der Waals surface area contributed by atoms with Crippen LogP contribution in [-0.2, 0) is 25.7 Å². The summed E-state index contributed by atoms with van der Waals surface area (Å²) in [4.78, 5) is 33.7. The minimum atomic E-state index is -2.02. The van der Waals surface area contributed by atoms with Crippen molar-refractivity contribution in [3.63, 3.8) is 0 Å². The summed E-state index contributed by atoms with van der Waals surface area (Å²) in [5, 5.41) is 2.37. The summed E-state index contributed by atoms with van der Waals surface area (Å²) in [5.74, 6) is -0.775. The highest BCUT2D eigenvalue weighted by Crippen LogP contribution is 2.44. The summed E-state index contributed by atoms with van der Waals surface area (Å²) < 4.78 is 65.5. The zero-order valence-electron chi connectivity index (χ0n) is 38.7. The third-order valence-electron chi connectivity index (χ3n) is 13.8. The SMILES string of the molecule is Nn1c2nc3nc(nc4[nH]c(nc5nc(nc1c1ccccc12)-c1c(F)c(F)c(F)c(F)c1-5)c1c(Cc2ccccc2)c(Cc2ccccc2)c(Cc2ccccc2)c(Cc2ccccc2)c41)-c1ccccc1-3. The molecular formula is C60H39F4N9. The average Bonchev–Trinajstić information content (AvgIpc) is 4.15. The molecule has 0 saturated carbocycles. The molecule has 0 spiro atoms. The molecule has 0 fully saturated rings. The van der Waals surface area contributed by atoms with Gasteiger partial charge in [-0.25, -0.2) is 52.1 Å². The van der Waals surface area contributed by atoms with Gasteiger partial charge in [-0.05, 0) is 70.2 Å². The molecule has 0 amide bonds. The topological polar surface area (TPSA) is 124 Å². The molecule has 5 heterocycles. The second-order valence-corrected chi connectivity index (χ2v) is 18.2. The smallest absolute Gasteiger partial charge is 0.198 e. The Bertz CT molecular complexity index is 4200. The maximum Gasteiger partial charge on any atom is 0.198 e. The largest absolute Gasteiger partial charge is 0.336 e. The Morgan fingerprint density at radius 3 is 1.12 bits per heavy atom. The van der Waals surface area contributed by atoms with E-state index in [-0.39, 0.29) is 16.9 Å². The molecule has 8 bridgehead atoms. The number of aromatic nitrogens is 8. The van der Waals surface area contributed by atoms with Crippen molar-refractivity contribution in [1.82, 2.24) is 39.6 Å². The quantitative estimate of drug-likeness (QED) is 0.0672. The predicted octanol–water partition coefficient (Wildman–Crippen LogP) is 13.0. The van der Waals surface area contributed by atoms with E-state index in [1.54, 1.807) is 24.3 Å². The second kappa shape index (κ2) is 17.5. The van der Waals surface area contributed by atoms with E-state index in [4.69, 9.17) is 30.8 Å². The molecule has 0 radical (unpaired) electrons. The van der Waals surface area contributed by atoms with Gasteiger partial charge in [0, 0.05) is 32.7 Å². The van der Waals surface area contributed by atoms with Gasteiger partial charge in [-0.2, -0.15) is 0 Å². The number of hydrogen-bond donors (Lipinski definition) is 2. The Morgan fingerprint density at radius 2 is 0.685 bits per heavy atom. The number of fused-ring (bicyclic) bond motifs is 20. The Kier molecular flexibility index (Phi) is 10.5. The van der Waals surface area contributed by atoms with E-state index in [1.807, 2.05) is 97.1 Å². The van der Waals surface area contributed by atoms with Crippen LogP contribution in [0.4, 0.5) is 17.6 Å². The number of benzene rings is 8. The molecule has 0 atom stereocenters. The van der Waals surface area contributed by atoms with E-state index in [9.17, 15) is 0 Å². The summed E-state index contributed by atoms with van der Waals surface area (Å²) in [6.45, 7) is 0. The number of halogens is 4. The van der Waals surface area contributed by atoms with Crippen LogP contribution in [-0.4, -0.2) is 39.6 Å². The monoisotopic (exact) mass is 961 g/mol. The second-order valence-electron chi connectivity index (χ2n) is 18.2. The van der Waals surface area contributed by atoms with E-state index < -0.39 is 46.0 Å². The fourth-order valence-corrected chi connectivity index (χ4v) is 10.5. The standard InChI is InChI=1S/C60H39F4N9/c61-49-47-48(50(62)52(64)51(49)63)58-70-57(47)69-56-46-44(32-36-23-11-4-12-24-36)42(30-34-19-7-2-8-20-34)41(29-33-17-5-1-6-18-33)43(31-35-21-9-3-10-22-35)45(46)55(68-56)67-53-37-25-13-14-26-38(37)54(66-53)71-59-39-27-15-16-28-40(39)60(72-58)73(59)65/h1-28H,29-32,65H2,(H,66,67,68,69,70,71,72). The van der Waals surface area contributed by atoms with Gasteiger partial charge in [0.1, 0.15) is 11.3 Å². The highest BCUT2D eigenvalue weighted by atomic mass is 19.2. The maximum absolute atomic E-state index is 16.7. The lowest BCUT2D eigenvalue weighted by molar-refractivity contribution is 0.412. The van der Waals surface area contributed by atoms with Crippen LogP contribution in [0, 0.1) is 23.3 Å². The number of nitrogens with one attached hydrogen (secondary N) is 1. The Balaban J connectivity index is 1.28. The molecular weight excluding hydrogens is 923 g/mol. The van der Waals surface area contributed by atoms with Gasteiger partial charge in [-0.15, -0.1) is 0 Å². The van der Waals surface area contributed by atoms with Crippen LogP contribution in [0.15, 0.2) is 170 Å². The highest BCUT2D eigenvalue weighted by Gasteiger charge is 2.35. The van der Waals surface area contributed by atoms with Crippen molar-refractivity contribution in [2.24, 2.45) is 0 Å². The van der Waals surface area contributed by atoms with Gasteiger partial charge >= 0.3 is 0 Å². The van der Waals surface area contributed by atoms with Crippen LogP contribution in [0.1, 0.15) is 44.5 Å². The minimum Gasteiger partial charge on any atom is -0.336 e. The van der Waals surface area contributed by atoms with Crippen molar-refractivity contribution < 1.29 is 17.6 Å². The fourth-order valence-electron chi connectivity index (χ4n) is 10.5. The minimum absolute atomic E-state index is 0.0394. The summed E-state index contributed by atoms with van der Waals surface area (Å²) in [5.41, 5.74) is 8.96. The molecule has 73 heavy (non-hydrogen) atoms. The van der Waals surface area contributed by atoms with Gasteiger partial charge in [0.2, 0.25) is 0 Å². The summed E-state index contributed by atoms with van der Waals surface area (Å²) in [7, 11) is 0. The first-order valence-corrected chi connectivity index (χ1v) is 23.8. The van der Waals surface area contributed by atoms with Gasteiger partial charge in [0.15, 0.2) is 57.9 Å². The van der Waals surface area contributed by atoms with Gasteiger partial charge < -0.3 is 10.8 Å². The van der Waals surface area contributed by atoms with E-state index in [0.717, 1.165) is 44.5 Å². The summed E-state index contributed by atoms with van der Waals surface area (Å²) >= 11 is 0. The molecule has 3 N–H and O–H groups in total. The Labute approximate surface area is 414 Å². The molecule has 0 unspecified atom stereocenters. The summed E-state index contributed by atoms with van der Waals surface area (Å²) in [6.07, 6.45) is 1.92. The maximum atomic E-state index is 16.7. The first-order chi connectivity index (χ1) is 35.8. The number of rotatable bonds is 8. The molecule has 11 aromatic rings. The van der Waals surface area contributed by atoms with Crippen molar-refractivity contribution in [3.05, 3.63) is 238 Å².